The molecule has 22 heavy (non-hydrogen) atoms. The van der Waals surface area contributed by atoms with E-state index >= 15 is 0 Å². The number of nitrogens with one attached hydrogen (secondary N) is 1. The Bertz CT molecular complexity index is 476. The molecule has 0 aliphatic carbocycles. The summed E-state index contributed by atoms with van der Waals surface area (Å²) in [5, 5.41) is 22.0. The van der Waals surface area contributed by atoms with Crippen LogP contribution in [0.3, 0.4) is 0 Å². The highest BCUT2D eigenvalue weighted by Gasteiger charge is 2.32. The average Bonchev–Trinajstić information content (AvgIpc) is 2.45. The van der Waals surface area contributed by atoms with Gasteiger partial charge in [0.1, 0.15) is 0 Å². The van der Waals surface area contributed by atoms with E-state index in [2.05, 4.69) is 24.1 Å². The van der Waals surface area contributed by atoms with Crippen molar-refractivity contribution >= 4 is 11.8 Å². The van der Waals surface area contributed by atoms with Crippen LogP contribution in [0.5, 0.6) is 0 Å². The number of carbonyl (C=O) groups is 1. The monoisotopic (exact) mass is 308 g/mol. The van der Waals surface area contributed by atoms with Crippen LogP contribution in [0.25, 0.3) is 0 Å². The molecular formula is C17H28N2O3. The predicted molar refractivity (Wildman–Crippen MR) is 89.4 cm³/mol. The van der Waals surface area contributed by atoms with E-state index in [4.69, 9.17) is 5.11 Å². The molecule has 0 heterocycles. The van der Waals surface area contributed by atoms with Crippen molar-refractivity contribution in [3.8, 4) is 0 Å². The minimum atomic E-state index is -1.14. The molecule has 0 fully saturated rings. The largest absolute Gasteiger partial charge is 0.465 e. The van der Waals surface area contributed by atoms with Crippen molar-refractivity contribution in [1.82, 2.24) is 5.32 Å². The second-order valence-electron chi connectivity index (χ2n) is 6.50. The maximum atomic E-state index is 11.1. The van der Waals surface area contributed by atoms with Gasteiger partial charge in [-0.3, -0.25) is 0 Å². The summed E-state index contributed by atoms with van der Waals surface area (Å²) in [5.41, 5.74) is 1.43. The van der Waals surface area contributed by atoms with Gasteiger partial charge in [-0.2, -0.15) is 0 Å². The van der Waals surface area contributed by atoms with E-state index in [1.54, 1.807) is 0 Å². The Morgan fingerprint density at radius 3 is 2.05 bits per heavy atom. The predicted octanol–water partition coefficient (Wildman–Crippen LogP) is 3.25. The number of aliphatic hydroxyl groups is 1. The Labute approximate surface area is 133 Å². The number of hydrogen-bond acceptors (Lipinski definition) is 3. The van der Waals surface area contributed by atoms with Crippen LogP contribution in [0.1, 0.15) is 46.2 Å². The van der Waals surface area contributed by atoms with E-state index in [0.29, 0.717) is 0 Å². The van der Waals surface area contributed by atoms with Gasteiger partial charge in [0.15, 0.2) is 0 Å². The molecule has 0 bridgehead atoms. The Hall–Kier alpha value is -1.75. The molecule has 0 aromatic heterocycles. The zero-order chi connectivity index (χ0) is 16.9. The molecule has 1 amide bonds. The van der Waals surface area contributed by atoms with Crippen LogP contribution in [0.4, 0.5) is 10.5 Å². The van der Waals surface area contributed by atoms with Crippen molar-refractivity contribution in [2.24, 2.45) is 5.41 Å². The molecule has 5 nitrogen and oxygen atoms in total. The first-order chi connectivity index (χ1) is 10.2. The topological polar surface area (TPSA) is 72.8 Å². The Morgan fingerprint density at radius 1 is 1.18 bits per heavy atom. The summed E-state index contributed by atoms with van der Waals surface area (Å²) in [6.07, 6.45) is -1.95. The molecule has 0 spiro atoms. The molecule has 2 atom stereocenters. The zero-order valence-electron chi connectivity index (χ0n) is 14.1. The number of hydrogen-bond donors (Lipinski definition) is 3. The summed E-state index contributed by atoms with van der Waals surface area (Å²) in [7, 11) is 0. The summed E-state index contributed by atoms with van der Waals surface area (Å²) < 4.78 is 0. The van der Waals surface area contributed by atoms with Crippen molar-refractivity contribution in [2.45, 2.75) is 46.8 Å². The van der Waals surface area contributed by atoms with E-state index in [0.717, 1.165) is 24.3 Å². The van der Waals surface area contributed by atoms with Gasteiger partial charge < -0.3 is 20.4 Å². The van der Waals surface area contributed by atoms with E-state index in [-0.39, 0.29) is 0 Å². The summed E-state index contributed by atoms with van der Waals surface area (Å²) in [6, 6.07) is 7.04. The van der Waals surface area contributed by atoms with Crippen LogP contribution in [0.2, 0.25) is 0 Å². The molecule has 124 valence electrons. The minimum Gasteiger partial charge on any atom is -0.465 e. The summed E-state index contributed by atoms with van der Waals surface area (Å²) in [4.78, 5) is 13.3. The van der Waals surface area contributed by atoms with Gasteiger partial charge in [0.25, 0.3) is 0 Å². The van der Waals surface area contributed by atoms with Crippen molar-refractivity contribution in [3.63, 3.8) is 0 Å². The van der Waals surface area contributed by atoms with E-state index in [9.17, 15) is 9.90 Å². The molecule has 3 N–H and O–H groups in total. The second-order valence-corrected chi connectivity index (χ2v) is 6.50. The number of anilines is 1. The Morgan fingerprint density at radius 2 is 1.68 bits per heavy atom. The van der Waals surface area contributed by atoms with E-state index in [1.165, 1.54) is 0 Å². The van der Waals surface area contributed by atoms with Crippen molar-refractivity contribution in [1.29, 1.82) is 0 Å². The highest BCUT2D eigenvalue weighted by molar-refractivity contribution is 5.65. The lowest BCUT2D eigenvalue weighted by atomic mass is 9.82. The molecule has 0 saturated carbocycles. The number of benzene rings is 1. The molecule has 0 aliphatic rings. The lowest BCUT2D eigenvalue weighted by Crippen LogP contribution is -2.42. The van der Waals surface area contributed by atoms with Gasteiger partial charge in [0, 0.05) is 18.8 Å². The molecule has 0 radical (unpaired) electrons. The number of rotatable bonds is 6. The minimum absolute atomic E-state index is 0.426. The van der Waals surface area contributed by atoms with Crippen LogP contribution in [0.15, 0.2) is 24.3 Å². The standard InChI is InChI=1S/C17H28N2O3/c1-6-19(7-2)13-10-8-12(9-11-13)14(18-16(21)22)15(20)17(3,4)5/h8-11,14-15,18,20H,6-7H2,1-5H3,(H,21,22)/t14?,15-/m1/s1. The van der Waals surface area contributed by atoms with Gasteiger partial charge in [0.2, 0.25) is 0 Å². The van der Waals surface area contributed by atoms with Crippen molar-refractivity contribution in [2.75, 3.05) is 18.0 Å². The molecule has 1 unspecified atom stereocenters. The second kappa shape index (κ2) is 7.49. The summed E-state index contributed by atoms with van der Waals surface area (Å²) >= 11 is 0. The smallest absolute Gasteiger partial charge is 0.405 e. The average molecular weight is 308 g/mol. The number of amides is 1. The molecule has 1 rings (SSSR count). The molecule has 0 aliphatic heterocycles. The zero-order valence-corrected chi connectivity index (χ0v) is 14.1. The van der Waals surface area contributed by atoms with Gasteiger partial charge in [-0.05, 0) is 37.0 Å². The van der Waals surface area contributed by atoms with E-state index < -0.39 is 23.7 Å². The number of aliphatic hydroxyl groups excluding tert-OH is 1. The fourth-order valence-electron chi connectivity index (χ4n) is 2.46. The first-order valence-corrected chi connectivity index (χ1v) is 7.73. The van der Waals surface area contributed by atoms with Crippen molar-refractivity contribution < 1.29 is 15.0 Å². The number of carboxylic acid groups (broad SMARTS) is 1. The molecule has 1 aromatic rings. The first-order valence-electron chi connectivity index (χ1n) is 7.73. The first kappa shape index (κ1) is 18.3. The van der Waals surface area contributed by atoms with Crippen LogP contribution in [-0.2, 0) is 0 Å². The SMILES string of the molecule is CCN(CC)c1ccc(C(NC(=O)O)[C@@H](O)C(C)(C)C)cc1. The highest BCUT2D eigenvalue weighted by atomic mass is 16.4. The third kappa shape index (κ3) is 4.63. The van der Waals surface area contributed by atoms with Gasteiger partial charge in [-0.15, -0.1) is 0 Å². The normalized spacial score (nSPS) is 14.3. The van der Waals surface area contributed by atoms with Crippen LogP contribution in [-0.4, -0.2) is 35.5 Å². The number of nitrogens with zero attached hydrogens (tertiary/aromatic N) is 1. The lowest BCUT2D eigenvalue weighted by Gasteiger charge is -2.33. The Balaban J connectivity index is 3.07. The van der Waals surface area contributed by atoms with Crippen LogP contribution >= 0.6 is 0 Å². The molecule has 0 saturated heterocycles. The van der Waals surface area contributed by atoms with Crippen LogP contribution in [0, 0.1) is 5.41 Å². The van der Waals surface area contributed by atoms with Gasteiger partial charge in [-0.1, -0.05) is 32.9 Å². The fraction of sp³-hybridized carbons (Fsp3) is 0.588. The highest BCUT2D eigenvalue weighted by Crippen LogP contribution is 2.31. The molecule has 5 heteroatoms. The van der Waals surface area contributed by atoms with Crippen LogP contribution < -0.4 is 10.2 Å². The van der Waals surface area contributed by atoms with Gasteiger partial charge >= 0.3 is 6.09 Å². The molecule has 1 aromatic carbocycles. The Kier molecular flexibility index (Phi) is 6.23. The van der Waals surface area contributed by atoms with Gasteiger partial charge in [0.05, 0.1) is 12.1 Å². The van der Waals surface area contributed by atoms with Gasteiger partial charge in [-0.25, -0.2) is 4.79 Å². The maximum Gasteiger partial charge on any atom is 0.405 e. The fourth-order valence-corrected chi connectivity index (χ4v) is 2.46. The molecular weight excluding hydrogens is 280 g/mol. The maximum absolute atomic E-state index is 11.1. The quantitative estimate of drug-likeness (QED) is 0.754. The lowest BCUT2D eigenvalue weighted by molar-refractivity contribution is 0.0288. The van der Waals surface area contributed by atoms with Crippen molar-refractivity contribution in [3.05, 3.63) is 29.8 Å². The summed E-state index contributed by atoms with van der Waals surface area (Å²) in [5.74, 6) is 0. The van der Waals surface area contributed by atoms with E-state index in [1.807, 2.05) is 45.0 Å². The summed E-state index contributed by atoms with van der Waals surface area (Å²) in [6.45, 7) is 11.7. The third-order valence-electron chi connectivity index (χ3n) is 3.86. The third-order valence-corrected chi connectivity index (χ3v) is 3.86.